The Morgan fingerprint density at radius 1 is 1.33 bits per heavy atom. The van der Waals surface area contributed by atoms with Gasteiger partial charge in [-0.15, -0.1) is 0 Å². The molecule has 1 fully saturated rings. The first kappa shape index (κ1) is 14.2. The first-order chi connectivity index (χ1) is 10.3. The topological polar surface area (TPSA) is 36.9 Å². The van der Waals surface area contributed by atoms with Crippen molar-refractivity contribution in [2.24, 2.45) is 10.9 Å². The molecule has 21 heavy (non-hydrogen) atoms. The standard InChI is InChI=1S/C17H25N3O/c1-13-7-9-20(10-8-13)17(18-2)19-12-15-11-14-5-3-4-6-16(14)21-15/h3-6,13,15H,7-12H2,1-2H3,(H,18,19). The van der Waals surface area contributed by atoms with Crippen molar-refractivity contribution >= 4 is 5.96 Å². The number of para-hydroxylation sites is 1. The maximum absolute atomic E-state index is 5.97. The van der Waals surface area contributed by atoms with Gasteiger partial charge in [0.05, 0.1) is 6.54 Å². The van der Waals surface area contributed by atoms with Crippen molar-refractivity contribution in [1.82, 2.24) is 10.2 Å². The van der Waals surface area contributed by atoms with E-state index in [2.05, 4.69) is 40.3 Å². The van der Waals surface area contributed by atoms with E-state index in [1.165, 1.54) is 18.4 Å². The Morgan fingerprint density at radius 2 is 2.10 bits per heavy atom. The second-order valence-corrected chi connectivity index (χ2v) is 6.15. The summed E-state index contributed by atoms with van der Waals surface area (Å²) >= 11 is 0. The van der Waals surface area contributed by atoms with Gasteiger partial charge in [-0.1, -0.05) is 25.1 Å². The first-order valence-electron chi connectivity index (χ1n) is 7.96. The Labute approximate surface area is 127 Å². The number of rotatable bonds is 2. The van der Waals surface area contributed by atoms with Crippen LogP contribution in [0.15, 0.2) is 29.3 Å². The third-order valence-electron chi connectivity index (χ3n) is 4.50. The van der Waals surface area contributed by atoms with Gasteiger partial charge in [0.15, 0.2) is 5.96 Å². The van der Waals surface area contributed by atoms with Crippen LogP contribution >= 0.6 is 0 Å². The minimum atomic E-state index is 0.211. The maximum atomic E-state index is 5.97. The molecule has 0 spiro atoms. The van der Waals surface area contributed by atoms with E-state index in [0.29, 0.717) is 0 Å². The van der Waals surface area contributed by atoms with Gasteiger partial charge in [0.1, 0.15) is 11.9 Å². The predicted molar refractivity (Wildman–Crippen MR) is 85.9 cm³/mol. The zero-order chi connectivity index (χ0) is 14.7. The first-order valence-corrected chi connectivity index (χ1v) is 7.96. The summed E-state index contributed by atoms with van der Waals surface area (Å²) in [6, 6.07) is 8.31. The molecule has 0 amide bonds. The van der Waals surface area contributed by atoms with Crippen LogP contribution < -0.4 is 10.1 Å². The van der Waals surface area contributed by atoms with Crippen LogP contribution in [0.2, 0.25) is 0 Å². The van der Waals surface area contributed by atoms with Crippen LogP contribution in [0.25, 0.3) is 0 Å². The fraction of sp³-hybridized carbons (Fsp3) is 0.588. The molecule has 0 radical (unpaired) electrons. The minimum Gasteiger partial charge on any atom is -0.488 e. The average molecular weight is 287 g/mol. The molecule has 4 heteroatoms. The number of fused-ring (bicyclic) bond motifs is 1. The SMILES string of the molecule is CN=C(NCC1Cc2ccccc2O1)N1CCC(C)CC1. The highest BCUT2D eigenvalue weighted by atomic mass is 16.5. The van der Waals surface area contributed by atoms with E-state index in [0.717, 1.165) is 43.7 Å². The molecule has 0 aliphatic carbocycles. The van der Waals surface area contributed by atoms with Gasteiger partial charge in [-0.2, -0.15) is 0 Å². The van der Waals surface area contributed by atoms with E-state index in [-0.39, 0.29) is 6.10 Å². The van der Waals surface area contributed by atoms with E-state index >= 15 is 0 Å². The second kappa shape index (κ2) is 6.37. The quantitative estimate of drug-likeness (QED) is 0.670. The largest absolute Gasteiger partial charge is 0.488 e. The molecular weight excluding hydrogens is 262 g/mol. The number of aliphatic imine (C=N–C) groups is 1. The third-order valence-corrected chi connectivity index (χ3v) is 4.50. The second-order valence-electron chi connectivity index (χ2n) is 6.15. The molecule has 3 rings (SSSR count). The monoisotopic (exact) mass is 287 g/mol. The normalized spacial score (nSPS) is 22.9. The van der Waals surface area contributed by atoms with E-state index in [9.17, 15) is 0 Å². The number of likely N-dealkylation sites (tertiary alicyclic amines) is 1. The van der Waals surface area contributed by atoms with Crippen LogP contribution in [0.1, 0.15) is 25.3 Å². The Kier molecular flexibility index (Phi) is 4.32. The number of piperidine rings is 1. The van der Waals surface area contributed by atoms with Gasteiger partial charge >= 0.3 is 0 Å². The van der Waals surface area contributed by atoms with Crippen LogP contribution in [0.5, 0.6) is 5.75 Å². The molecular formula is C17H25N3O. The van der Waals surface area contributed by atoms with E-state index in [4.69, 9.17) is 4.74 Å². The summed E-state index contributed by atoms with van der Waals surface area (Å²) in [4.78, 5) is 6.79. The molecule has 1 atom stereocenters. The number of hydrogen-bond acceptors (Lipinski definition) is 2. The fourth-order valence-electron chi connectivity index (χ4n) is 3.13. The minimum absolute atomic E-state index is 0.211. The van der Waals surface area contributed by atoms with Crippen LogP contribution in [-0.2, 0) is 6.42 Å². The van der Waals surface area contributed by atoms with Gasteiger partial charge in [0, 0.05) is 26.6 Å². The number of benzene rings is 1. The average Bonchev–Trinajstić information content (AvgIpc) is 2.92. The third kappa shape index (κ3) is 3.31. The van der Waals surface area contributed by atoms with Crippen molar-refractivity contribution in [2.75, 3.05) is 26.7 Å². The van der Waals surface area contributed by atoms with Crippen LogP contribution in [0.4, 0.5) is 0 Å². The lowest BCUT2D eigenvalue weighted by molar-refractivity contribution is 0.228. The summed E-state index contributed by atoms with van der Waals surface area (Å²) in [6.45, 7) is 5.35. The van der Waals surface area contributed by atoms with E-state index < -0.39 is 0 Å². The zero-order valence-electron chi connectivity index (χ0n) is 13.0. The highest BCUT2D eigenvalue weighted by molar-refractivity contribution is 5.80. The lowest BCUT2D eigenvalue weighted by Gasteiger charge is -2.33. The Hall–Kier alpha value is -1.71. The van der Waals surface area contributed by atoms with Crippen LogP contribution in [0.3, 0.4) is 0 Å². The Balaban J connectivity index is 1.51. The van der Waals surface area contributed by atoms with Crippen molar-refractivity contribution in [3.63, 3.8) is 0 Å². The molecule has 1 aromatic rings. The summed E-state index contributed by atoms with van der Waals surface area (Å²) in [6.07, 6.45) is 3.71. The highest BCUT2D eigenvalue weighted by Crippen LogP contribution is 2.27. The van der Waals surface area contributed by atoms with Crippen molar-refractivity contribution in [3.05, 3.63) is 29.8 Å². The summed E-state index contributed by atoms with van der Waals surface area (Å²) in [5, 5.41) is 3.48. The number of nitrogens with zero attached hydrogens (tertiary/aromatic N) is 2. The van der Waals surface area contributed by atoms with Gasteiger partial charge in [0.2, 0.25) is 0 Å². The zero-order valence-corrected chi connectivity index (χ0v) is 13.0. The number of ether oxygens (including phenoxy) is 1. The van der Waals surface area contributed by atoms with Gasteiger partial charge in [-0.25, -0.2) is 0 Å². The summed E-state index contributed by atoms with van der Waals surface area (Å²) < 4.78 is 5.97. The maximum Gasteiger partial charge on any atom is 0.193 e. The molecule has 2 aliphatic heterocycles. The molecule has 1 saturated heterocycles. The summed E-state index contributed by atoms with van der Waals surface area (Å²) in [7, 11) is 1.87. The predicted octanol–water partition coefficient (Wildman–Crippen LogP) is 2.30. The van der Waals surface area contributed by atoms with Crippen molar-refractivity contribution in [3.8, 4) is 5.75 Å². The molecule has 1 aromatic carbocycles. The van der Waals surface area contributed by atoms with E-state index in [1.807, 2.05) is 13.1 Å². The Morgan fingerprint density at radius 3 is 2.81 bits per heavy atom. The molecule has 1 N–H and O–H groups in total. The number of hydrogen-bond donors (Lipinski definition) is 1. The van der Waals surface area contributed by atoms with Gasteiger partial charge in [-0.05, 0) is 30.4 Å². The molecule has 0 saturated carbocycles. The number of nitrogens with one attached hydrogen (secondary N) is 1. The Bertz CT molecular complexity index is 482. The summed E-state index contributed by atoms with van der Waals surface area (Å²) in [5.41, 5.74) is 1.31. The van der Waals surface area contributed by atoms with Gasteiger partial charge < -0.3 is 15.0 Å². The lowest BCUT2D eigenvalue weighted by Crippen LogP contribution is -2.47. The van der Waals surface area contributed by atoms with Crippen LogP contribution in [0, 0.1) is 5.92 Å². The molecule has 114 valence electrons. The van der Waals surface area contributed by atoms with Gasteiger partial charge in [0.25, 0.3) is 0 Å². The van der Waals surface area contributed by atoms with E-state index in [1.54, 1.807) is 0 Å². The lowest BCUT2D eigenvalue weighted by atomic mass is 9.99. The summed E-state index contributed by atoms with van der Waals surface area (Å²) in [5.74, 6) is 2.89. The fourth-order valence-corrected chi connectivity index (χ4v) is 3.13. The van der Waals surface area contributed by atoms with Crippen LogP contribution in [-0.4, -0.2) is 43.6 Å². The molecule has 0 bridgehead atoms. The highest BCUT2D eigenvalue weighted by Gasteiger charge is 2.24. The molecule has 2 heterocycles. The smallest absolute Gasteiger partial charge is 0.193 e. The number of guanidine groups is 1. The van der Waals surface area contributed by atoms with Gasteiger partial charge in [-0.3, -0.25) is 4.99 Å². The molecule has 4 nitrogen and oxygen atoms in total. The van der Waals surface area contributed by atoms with Crippen molar-refractivity contribution < 1.29 is 4.74 Å². The molecule has 0 aromatic heterocycles. The van der Waals surface area contributed by atoms with Crippen molar-refractivity contribution in [2.45, 2.75) is 32.3 Å². The van der Waals surface area contributed by atoms with Crippen molar-refractivity contribution in [1.29, 1.82) is 0 Å². The molecule has 2 aliphatic rings. The molecule has 1 unspecified atom stereocenters.